The van der Waals surface area contributed by atoms with Crippen molar-refractivity contribution >= 4 is 0 Å². The Morgan fingerprint density at radius 1 is 1.13 bits per heavy atom. The van der Waals surface area contributed by atoms with Gasteiger partial charge in [-0.25, -0.2) is 0 Å². The van der Waals surface area contributed by atoms with E-state index in [1.807, 2.05) is 0 Å². The minimum absolute atomic E-state index is 0.565. The maximum Gasteiger partial charge on any atom is 0.0603 e. The lowest BCUT2D eigenvalue weighted by Gasteiger charge is -2.38. The maximum atomic E-state index is 6.10. The van der Waals surface area contributed by atoms with Crippen molar-refractivity contribution in [2.75, 3.05) is 19.6 Å². The molecule has 0 aromatic heterocycles. The summed E-state index contributed by atoms with van der Waals surface area (Å²) in [5.74, 6) is 0.912. The molecule has 15 heavy (non-hydrogen) atoms. The lowest BCUT2D eigenvalue weighted by atomic mass is 9.84. The van der Waals surface area contributed by atoms with Crippen LogP contribution in [0.15, 0.2) is 0 Å². The van der Waals surface area contributed by atoms with E-state index in [9.17, 15) is 0 Å². The molecule has 0 N–H and O–H groups in total. The van der Waals surface area contributed by atoms with Crippen molar-refractivity contribution in [1.82, 2.24) is 4.90 Å². The molecule has 1 aliphatic heterocycles. The van der Waals surface area contributed by atoms with Gasteiger partial charge in [-0.15, -0.1) is 0 Å². The first-order valence-corrected chi connectivity index (χ1v) is 6.65. The number of ether oxygens (including phenoxy) is 1. The summed E-state index contributed by atoms with van der Waals surface area (Å²) in [7, 11) is 0. The zero-order valence-electron chi connectivity index (χ0n) is 10.2. The first-order chi connectivity index (χ1) is 7.28. The Morgan fingerprint density at radius 3 is 2.33 bits per heavy atom. The number of hydrogen-bond acceptors (Lipinski definition) is 2. The second-order valence-electron chi connectivity index (χ2n) is 5.38. The topological polar surface area (TPSA) is 12.5 Å². The highest BCUT2D eigenvalue weighted by Gasteiger charge is 2.29. The number of piperidine rings is 1. The van der Waals surface area contributed by atoms with Crippen molar-refractivity contribution in [3.05, 3.63) is 0 Å². The van der Waals surface area contributed by atoms with Crippen LogP contribution in [0, 0.1) is 5.92 Å². The molecule has 1 heterocycles. The summed E-state index contributed by atoms with van der Waals surface area (Å²) in [5, 5.41) is 0. The Labute approximate surface area is 94.0 Å². The molecular weight excluding hydrogens is 186 g/mol. The summed E-state index contributed by atoms with van der Waals surface area (Å²) in [6, 6.07) is 0. The first kappa shape index (κ1) is 11.4. The fourth-order valence-electron chi connectivity index (χ4n) is 2.80. The van der Waals surface area contributed by atoms with Gasteiger partial charge in [-0.1, -0.05) is 13.8 Å². The summed E-state index contributed by atoms with van der Waals surface area (Å²) >= 11 is 0. The predicted octanol–water partition coefficient (Wildman–Crippen LogP) is 2.68. The Hall–Kier alpha value is -0.0800. The third kappa shape index (κ3) is 3.18. The lowest BCUT2D eigenvalue weighted by Crippen LogP contribution is -2.41. The van der Waals surface area contributed by atoms with Crippen LogP contribution >= 0.6 is 0 Å². The molecule has 2 heteroatoms. The third-order valence-electron chi connectivity index (χ3n) is 3.79. The molecule has 0 aromatic rings. The summed E-state index contributed by atoms with van der Waals surface area (Å²) in [6.45, 7) is 8.36. The molecule has 2 rings (SSSR count). The van der Waals surface area contributed by atoms with Gasteiger partial charge in [0.1, 0.15) is 0 Å². The Bertz CT molecular complexity index is 181. The van der Waals surface area contributed by atoms with Crippen LogP contribution in [-0.2, 0) is 4.74 Å². The summed E-state index contributed by atoms with van der Waals surface area (Å²) in [5.41, 5.74) is 0. The van der Waals surface area contributed by atoms with Crippen molar-refractivity contribution in [3.63, 3.8) is 0 Å². The highest BCUT2D eigenvalue weighted by Crippen LogP contribution is 2.31. The SMILES string of the molecule is CCCN1CCC(O[C@H]2C[C@H](C)C2)CC1. The van der Waals surface area contributed by atoms with E-state index in [-0.39, 0.29) is 0 Å². The summed E-state index contributed by atoms with van der Waals surface area (Å²) < 4.78 is 6.10. The van der Waals surface area contributed by atoms with Gasteiger partial charge in [0.2, 0.25) is 0 Å². The van der Waals surface area contributed by atoms with E-state index in [2.05, 4.69) is 18.7 Å². The van der Waals surface area contributed by atoms with Crippen molar-refractivity contribution < 1.29 is 4.74 Å². The highest BCUT2D eigenvalue weighted by molar-refractivity contribution is 4.80. The average molecular weight is 211 g/mol. The monoisotopic (exact) mass is 211 g/mol. The smallest absolute Gasteiger partial charge is 0.0603 e. The normalized spacial score (nSPS) is 34.0. The van der Waals surface area contributed by atoms with Crippen LogP contribution in [0.3, 0.4) is 0 Å². The Morgan fingerprint density at radius 2 is 1.80 bits per heavy atom. The van der Waals surface area contributed by atoms with Gasteiger partial charge in [-0.3, -0.25) is 0 Å². The molecular formula is C13H25NO. The number of nitrogens with zero attached hydrogens (tertiary/aromatic N) is 1. The molecule has 1 saturated heterocycles. The van der Waals surface area contributed by atoms with Crippen molar-refractivity contribution in [1.29, 1.82) is 0 Å². The van der Waals surface area contributed by atoms with E-state index in [4.69, 9.17) is 4.74 Å². The molecule has 0 radical (unpaired) electrons. The van der Waals surface area contributed by atoms with Gasteiger partial charge in [0.05, 0.1) is 12.2 Å². The summed E-state index contributed by atoms with van der Waals surface area (Å²) in [4.78, 5) is 2.57. The molecule has 0 amide bonds. The average Bonchev–Trinajstić information content (AvgIpc) is 2.19. The lowest BCUT2D eigenvalue weighted by molar-refractivity contribution is -0.0904. The molecule has 2 aliphatic rings. The van der Waals surface area contributed by atoms with Gasteiger partial charge < -0.3 is 9.64 Å². The fourth-order valence-corrected chi connectivity index (χ4v) is 2.80. The van der Waals surface area contributed by atoms with Crippen LogP contribution in [0.5, 0.6) is 0 Å². The van der Waals surface area contributed by atoms with E-state index in [1.165, 1.54) is 51.7 Å². The van der Waals surface area contributed by atoms with Gasteiger partial charge in [-0.05, 0) is 44.6 Å². The molecule has 2 fully saturated rings. The number of likely N-dealkylation sites (tertiary alicyclic amines) is 1. The van der Waals surface area contributed by atoms with Gasteiger partial charge >= 0.3 is 0 Å². The zero-order chi connectivity index (χ0) is 10.7. The van der Waals surface area contributed by atoms with Crippen LogP contribution in [0.25, 0.3) is 0 Å². The van der Waals surface area contributed by atoms with Crippen LogP contribution < -0.4 is 0 Å². The van der Waals surface area contributed by atoms with E-state index < -0.39 is 0 Å². The minimum Gasteiger partial charge on any atom is -0.375 e. The minimum atomic E-state index is 0.565. The van der Waals surface area contributed by atoms with Crippen LogP contribution in [-0.4, -0.2) is 36.7 Å². The summed E-state index contributed by atoms with van der Waals surface area (Å²) in [6.07, 6.45) is 7.56. The molecule has 1 aliphatic carbocycles. The second-order valence-corrected chi connectivity index (χ2v) is 5.38. The van der Waals surface area contributed by atoms with E-state index in [0.717, 1.165) is 5.92 Å². The first-order valence-electron chi connectivity index (χ1n) is 6.65. The second kappa shape index (κ2) is 5.31. The fraction of sp³-hybridized carbons (Fsp3) is 1.00. The third-order valence-corrected chi connectivity index (χ3v) is 3.79. The molecule has 0 aromatic carbocycles. The molecule has 0 bridgehead atoms. The van der Waals surface area contributed by atoms with Crippen molar-refractivity contribution in [2.45, 2.75) is 58.2 Å². The standard InChI is InChI=1S/C13H25NO/c1-3-6-14-7-4-12(5-8-14)15-13-9-11(2)10-13/h11-13H,3-10H2,1-2H3/t11-,13-. The number of rotatable bonds is 4. The van der Waals surface area contributed by atoms with Crippen LogP contribution in [0.1, 0.15) is 46.0 Å². The predicted molar refractivity (Wildman–Crippen MR) is 63.0 cm³/mol. The zero-order valence-corrected chi connectivity index (χ0v) is 10.2. The van der Waals surface area contributed by atoms with E-state index in [1.54, 1.807) is 0 Å². The maximum absolute atomic E-state index is 6.10. The molecule has 1 saturated carbocycles. The van der Waals surface area contributed by atoms with Gasteiger partial charge in [0.15, 0.2) is 0 Å². The molecule has 0 unspecified atom stereocenters. The molecule has 0 spiro atoms. The highest BCUT2D eigenvalue weighted by atomic mass is 16.5. The van der Waals surface area contributed by atoms with Crippen molar-refractivity contribution in [2.24, 2.45) is 5.92 Å². The Balaban J connectivity index is 1.61. The Kier molecular flexibility index (Phi) is 4.04. The van der Waals surface area contributed by atoms with Gasteiger partial charge in [-0.2, -0.15) is 0 Å². The molecule has 88 valence electrons. The van der Waals surface area contributed by atoms with Crippen molar-refractivity contribution in [3.8, 4) is 0 Å². The van der Waals surface area contributed by atoms with E-state index in [0.29, 0.717) is 12.2 Å². The van der Waals surface area contributed by atoms with Gasteiger partial charge in [0.25, 0.3) is 0 Å². The number of hydrogen-bond donors (Lipinski definition) is 0. The van der Waals surface area contributed by atoms with E-state index >= 15 is 0 Å². The van der Waals surface area contributed by atoms with Crippen LogP contribution in [0.2, 0.25) is 0 Å². The van der Waals surface area contributed by atoms with Crippen LogP contribution in [0.4, 0.5) is 0 Å². The quantitative estimate of drug-likeness (QED) is 0.709. The molecule has 2 nitrogen and oxygen atoms in total. The largest absolute Gasteiger partial charge is 0.375 e. The molecule has 0 atom stereocenters. The van der Waals surface area contributed by atoms with Gasteiger partial charge in [0, 0.05) is 13.1 Å².